The fourth-order valence-corrected chi connectivity index (χ4v) is 4.42. The van der Waals surface area contributed by atoms with Crippen LogP contribution in [0.25, 0.3) is 10.9 Å². The first kappa shape index (κ1) is 21.8. The zero-order chi connectivity index (χ0) is 23.7. The molecule has 0 bridgehead atoms. The predicted octanol–water partition coefficient (Wildman–Crippen LogP) is 5.54. The summed E-state index contributed by atoms with van der Waals surface area (Å²) in [6, 6.07) is 21.1. The van der Waals surface area contributed by atoms with E-state index in [1.54, 1.807) is 24.3 Å². The maximum atomic E-state index is 13.7. The molecule has 1 amide bonds. The van der Waals surface area contributed by atoms with Gasteiger partial charge in [-0.3, -0.25) is 14.9 Å². The van der Waals surface area contributed by atoms with Crippen molar-refractivity contribution in [1.29, 1.82) is 0 Å². The lowest BCUT2D eigenvalue weighted by Crippen LogP contribution is -2.27. The second kappa shape index (κ2) is 9.09. The molecule has 0 aliphatic heterocycles. The summed E-state index contributed by atoms with van der Waals surface area (Å²) in [5.74, 6) is -0.806. The predicted molar refractivity (Wildman–Crippen MR) is 128 cm³/mol. The van der Waals surface area contributed by atoms with Gasteiger partial charge in [-0.2, -0.15) is 0 Å². The fourth-order valence-electron chi connectivity index (χ4n) is 4.42. The van der Waals surface area contributed by atoms with Crippen molar-refractivity contribution in [3.8, 4) is 0 Å². The second-order valence-corrected chi connectivity index (χ2v) is 8.81. The molecule has 6 nitrogen and oxygen atoms in total. The van der Waals surface area contributed by atoms with Crippen LogP contribution < -0.4 is 5.32 Å². The quantitative estimate of drug-likeness (QED) is 0.279. The molecule has 3 aromatic carbocycles. The van der Waals surface area contributed by atoms with E-state index >= 15 is 0 Å². The molecule has 34 heavy (non-hydrogen) atoms. The number of hydrogen-bond acceptors (Lipinski definition) is 3. The molecule has 0 spiro atoms. The first-order valence-electron chi connectivity index (χ1n) is 11.3. The van der Waals surface area contributed by atoms with Crippen LogP contribution in [-0.2, 0) is 11.3 Å². The first-order valence-corrected chi connectivity index (χ1v) is 11.3. The summed E-state index contributed by atoms with van der Waals surface area (Å²) in [6.07, 6.45) is 4.11. The lowest BCUT2D eigenvalue weighted by atomic mass is 9.88. The highest BCUT2D eigenvalue weighted by atomic mass is 19.1. The van der Waals surface area contributed by atoms with Crippen molar-refractivity contribution in [2.75, 3.05) is 0 Å². The monoisotopic (exact) mass is 457 g/mol. The first-order chi connectivity index (χ1) is 16.5. The smallest absolute Gasteiger partial charge is 0.270 e. The number of halogens is 1. The van der Waals surface area contributed by atoms with Crippen LogP contribution in [0.5, 0.6) is 0 Å². The molecule has 7 heteroatoms. The van der Waals surface area contributed by atoms with Crippen molar-refractivity contribution in [2.45, 2.75) is 37.8 Å². The summed E-state index contributed by atoms with van der Waals surface area (Å²) < 4.78 is 15.7. The standard InChI is InChI=1S/C27H24FN3O3/c28-20-8-6-19(7-9-20)23(15-27(32)29-21-10-11-21)25-17-30(16-18-4-2-1-3-5-18)26-13-12-22(31(33)34)14-24(25)26/h1-9,12-14,17,21,23H,10-11,15-16H2,(H,29,32)/t23-/m0/s1. The van der Waals surface area contributed by atoms with E-state index in [2.05, 4.69) is 9.88 Å². The van der Waals surface area contributed by atoms with Crippen molar-refractivity contribution >= 4 is 22.5 Å². The minimum Gasteiger partial charge on any atom is -0.353 e. The molecule has 1 atom stereocenters. The molecule has 1 aliphatic carbocycles. The Morgan fingerprint density at radius 1 is 1.09 bits per heavy atom. The number of nitro groups is 1. The van der Waals surface area contributed by atoms with Gasteiger partial charge in [-0.05, 0) is 47.7 Å². The summed E-state index contributed by atoms with van der Waals surface area (Å²) >= 11 is 0. The summed E-state index contributed by atoms with van der Waals surface area (Å²) in [5, 5.41) is 15.3. The average Bonchev–Trinajstić information content (AvgIpc) is 3.58. The Morgan fingerprint density at radius 2 is 1.82 bits per heavy atom. The number of carbonyl (C=O) groups excluding carboxylic acids is 1. The Kier molecular flexibility index (Phi) is 5.84. The Balaban J connectivity index is 1.63. The molecule has 1 aliphatic rings. The number of non-ortho nitro benzene ring substituents is 1. The van der Waals surface area contributed by atoms with E-state index < -0.39 is 4.92 Å². The van der Waals surface area contributed by atoms with Crippen molar-refractivity contribution < 1.29 is 14.1 Å². The number of nitro benzene ring substituents is 1. The fraction of sp³-hybridized carbons (Fsp3) is 0.222. The van der Waals surface area contributed by atoms with Crippen molar-refractivity contribution in [3.63, 3.8) is 0 Å². The van der Waals surface area contributed by atoms with Gasteiger partial charge in [0.05, 0.1) is 4.92 Å². The Labute approximate surface area is 196 Å². The van der Waals surface area contributed by atoms with Gasteiger partial charge in [-0.25, -0.2) is 4.39 Å². The zero-order valence-electron chi connectivity index (χ0n) is 18.5. The number of benzene rings is 3. The van der Waals surface area contributed by atoms with Crippen LogP contribution in [0.3, 0.4) is 0 Å². The lowest BCUT2D eigenvalue weighted by Gasteiger charge is -2.17. The average molecular weight is 458 g/mol. The summed E-state index contributed by atoms with van der Waals surface area (Å²) in [7, 11) is 0. The van der Waals surface area contributed by atoms with Gasteiger partial charge in [0, 0.05) is 54.2 Å². The molecule has 0 unspecified atom stereocenters. The van der Waals surface area contributed by atoms with Gasteiger partial charge in [0.1, 0.15) is 5.82 Å². The van der Waals surface area contributed by atoms with E-state index in [1.807, 2.05) is 36.5 Å². The number of rotatable bonds is 8. The number of nitrogens with zero attached hydrogens (tertiary/aromatic N) is 2. The molecule has 5 rings (SSSR count). The SMILES string of the molecule is O=C(C[C@@H](c1ccc(F)cc1)c1cn(Cc2ccccc2)c2ccc([N+](=O)[O-])cc12)NC1CC1. The van der Waals surface area contributed by atoms with Gasteiger partial charge in [-0.1, -0.05) is 42.5 Å². The molecule has 0 radical (unpaired) electrons. The van der Waals surface area contributed by atoms with Crippen LogP contribution in [0.2, 0.25) is 0 Å². The third kappa shape index (κ3) is 4.69. The highest BCUT2D eigenvalue weighted by Gasteiger charge is 2.28. The summed E-state index contributed by atoms with van der Waals surface area (Å²) in [4.78, 5) is 23.9. The molecular formula is C27H24FN3O3. The van der Waals surface area contributed by atoms with Crippen molar-refractivity contribution in [1.82, 2.24) is 9.88 Å². The van der Waals surface area contributed by atoms with Crippen LogP contribution in [0.15, 0.2) is 79.0 Å². The van der Waals surface area contributed by atoms with Gasteiger partial charge in [0.15, 0.2) is 0 Å². The number of aromatic nitrogens is 1. The largest absolute Gasteiger partial charge is 0.353 e. The number of carbonyl (C=O) groups is 1. The number of fused-ring (bicyclic) bond motifs is 1. The van der Waals surface area contributed by atoms with E-state index in [4.69, 9.17) is 0 Å². The molecule has 1 aromatic heterocycles. The van der Waals surface area contributed by atoms with Gasteiger partial charge in [0.25, 0.3) is 5.69 Å². The normalized spacial score (nSPS) is 14.1. The Hall–Kier alpha value is -4.00. The molecular weight excluding hydrogens is 433 g/mol. The molecule has 1 N–H and O–H groups in total. The Morgan fingerprint density at radius 3 is 2.50 bits per heavy atom. The van der Waals surface area contributed by atoms with Gasteiger partial charge < -0.3 is 9.88 Å². The Bertz CT molecular complexity index is 1350. The molecule has 1 fully saturated rings. The third-order valence-electron chi connectivity index (χ3n) is 6.28. The van der Waals surface area contributed by atoms with E-state index in [1.165, 1.54) is 18.2 Å². The van der Waals surface area contributed by atoms with Crippen LogP contribution in [-0.4, -0.2) is 21.4 Å². The zero-order valence-corrected chi connectivity index (χ0v) is 18.5. The highest BCUT2D eigenvalue weighted by molar-refractivity contribution is 5.88. The maximum Gasteiger partial charge on any atom is 0.270 e. The minimum atomic E-state index is -0.412. The number of hydrogen-bond donors (Lipinski definition) is 1. The molecule has 4 aromatic rings. The van der Waals surface area contributed by atoms with Crippen LogP contribution in [0.4, 0.5) is 10.1 Å². The van der Waals surface area contributed by atoms with Gasteiger partial charge in [-0.15, -0.1) is 0 Å². The minimum absolute atomic E-state index is 0.00787. The van der Waals surface area contributed by atoms with E-state index in [9.17, 15) is 19.3 Å². The molecule has 1 heterocycles. The lowest BCUT2D eigenvalue weighted by molar-refractivity contribution is -0.384. The number of amides is 1. The molecule has 1 saturated carbocycles. The van der Waals surface area contributed by atoms with E-state index in [-0.39, 0.29) is 35.8 Å². The van der Waals surface area contributed by atoms with E-state index in [0.29, 0.717) is 6.54 Å². The second-order valence-electron chi connectivity index (χ2n) is 8.81. The van der Waals surface area contributed by atoms with Gasteiger partial charge >= 0.3 is 0 Å². The number of nitrogens with one attached hydrogen (secondary N) is 1. The summed E-state index contributed by atoms with van der Waals surface area (Å²) in [6.45, 7) is 0.583. The van der Waals surface area contributed by atoms with Crippen molar-refractivity contribution in [2.24, 2.45) is 0 Å². The molecule has 172 valence electrons. The van der Waals surface area contributed by atoms with Crippen LogP contribution >= 0.6 is 0 Å². The van der Waals surface area contributed by atoms with Crippen LogP contribution in [0, 0.1) is 15.9 Å². The maximum absolute atomic E-state index is 13.7. The van der Waals surface area contributed by atoms with Gasteiger partial charge in [0.2, 0.25) is 5.91 Å². The van der Waals surface area contributed by atoms with E-state index in [0.717, 1.165) is 40.4 Å². The molecule has 0 saturated heterocycles. The van der Waals surface area contributed by atoms with Crippen LogP contribution in [0.1, 0.15) is 41.9 Å². The highest BCUT2D eigenvalue weighted by Crippen LogP contribution is 2.37. The summed E-state index contributed by atoms with van der Waals surface area (Å²) in [5.41, 5.74) is 3.53. The third-order valence-corrected chi connectivity index (χ3v) is 6.28. The topological polar surface area (TPSA) is 77.2 Å². The van der Waals surface area contributed by atoms with Crippen molar-refractivity contribution in [3.05, 3.63) is 112 Å².